The van der Waals surface area contributed by atoms with Crippen LogP contribution in [0.2, 0.25) is 0 Å². The lowest BCUT2D eigenvalue weighted by atomic mass is 10.3. The summed E-state index contributed by atoms with van der Waals surface area (Å²) in [4.78, 5) is 20.7. The van der Waals surface area contributed by atoms with Gasteiger partial charge in [-0.15, -0.1) is 0 Å². The molecule has 4 heteroatoms. The molecule has 0 saturated carbocycles. The van der Waals surface area contributed by atoms with E-state index in [2.05, 4.69) is 9.97 Å². The highest BCUT2D eigenvalue weighted by molar-refractivity contribution is 5.91. The van der Waals surface area contributed by atoms with Crippen LogP contribution in [0.3, 0.4) is 0 Å². The van der Waals surface area contributed by atoms with Crippen molar-refractivity contribution in [2.24, 2.45) is 0 Å². The van der Waals surface area contributed by atoms with Crippen molar-refractivity contribution < 1.29 is 4.79 Å². The Kier molecular flexibility index (Phi) is 3.37. The number of hydrogen-bond donors (Lipinski definition) is 0. The molecule has 1 aromatic rings. The second-order valence-electron chi connectivity index (χ2n) is 2.77. The average Bonchev–Trinajstić information content (AvgIpc) is 2.18. The summed E-state index contributed by atoms with van der Waals surface area (Å²) in [5, 5.41) is 0. The van der Waals surface area contributed by atoms with Crippen molar-refractivity contribution in [2.75, 3.05) is 11.9 Å². The van der Waals surface area contributed by atoms with E-state index in [4.69, 9.17) is 0 Å². The Morgan fingerprint density at radius 2 is 2.38 bits per heavy atom. The summed E-state index contributed by atoms with van der Waals surface area (Å²) in [7, 11) is 1.72. The molecule has 0 aromatic carbocycles. The van der Waals surface area contributed by atoms with Crippen molar-refractivity contribution in [3.63, 3.8) is 0 Å². The third-order valence-electron chi connectivity index (χ3n) is 1.75. The van der Waals surface area contributed by atoms with Gasteiger partial charge in [-0.1, -0.05) is 6.92 Å². The zero-order valence-electron chi connectivity index (χ0n) is 7.90. The molecule has 0 atom stereocenters. The van der Waals surface area contributed by atoms with Crippen LogP contribution >= 0.6 is 0 Å². The Labute approximate surface area is 77.6 Å². The highest BCUT2D eigenvalue weighted by atomic mass is 16.2. The highest BCUT2D eigenvalue weighted by Crippen LogP contribution is 2.07. The van der Waals surface area contributed by atoms with Crippen LogP contribution in [0.25, 0.3) is 0 Å². The van der Waals surface area contributed by atoms with Crippen LogP contribution in [-0.2, 0) is 4.79 Å². The lowest BCUT2D eigenvalue weighted by Crippen LogP contribution is -2.26. The fourth-order valence-electron chi connectivity index (χ4n) is 0.991. The van der Waals surface area contributed by atoms with E-state index in [-0.39, 0.29) is 5.91 Å². The summed E-state index contributed by atoms with van der Waals surface area (Å²) < 4.78 is 0. The van der Waals surface area contributed by atoms with Crippen molar-refractivity contribution in [1.82, 2.24) is 9.97 Å². The van der Waals surface area contributed by atoms with Gasteiger partial charge in [-0.05, 0) is 12.5 Å². The molecule has 1 rings (SSSR count). The number of carbonyl (C=O) groups is 1. The Balaban J connectivity index is 2.68. The molecule has 0 aliphatic heterocycles. The maximum atomic E-state index is 11.4. The maximum Gasteiger partial charge on any atom is 0.227 e. The van der Waals surface area contributed by atoms with Gasteiger partial charge in [0.25, 0.3) is 0 Å². The Bertz CT molecular complexity index is 273. The van der Waals surface area contributed by atoms with Crippen molar-refractivity contribution in [3.8, 4) is 0 Å². The summed E-state index contributed by atoms with van der Waals surface area (Å²) in [6.45, 7) is 1.98. The molecular weight excluding hydrogens is 166 g/mol. The normalized spacial score (nSPS) is 9.69. The second-order valence-corrected chi connectivity index (χ2v) is 2.77. The van der Waals surface area contributed by atoms with E-state index in [0.717, 1.165) is 6.42 Å². The topological polar surface area (TPSA) is 46.1 Å². The molecule has 70 valence electrons. The number of nitrogens with zero attached hydrogens (tertiary/aromatic N) is 3. The molecule has 1 amide bonds. The monoisotopic (exact) mass is 179 g/mol. The number of anilines is 1. The fraction of sp³-hybridized carbons (Fsp3) is 0.444. The maximum absolute atomic E-state index is 11.4. The minimum Gasteiger partial charge on any atom is -0.300 e. The molecule has 0 aliphatic carbocycles. The molecule has 0 fully saturated rings. The Hall–Kier alpha value is -1.45. The smallest absolute Gasteiger partial charge is 0.227 e. The van der Waals surface area contributed by atoms with Crippen LogP contribution in [0.15, 0.2) is 18.6 Å². The van der Waals surface area contributed by atoms with Crippen LogP contribution in [0.5, 0.6) is 0 Å². The first-order chi connectivity index (χ1) is 6.25. The van der Waals surface area contributed by atoms with Crippen LogP contribution in [0.1, 0.15) is 19.8 Å². The molecule has 0 spiro atoms. The first-order valence-electron chi connectivity index (χ1n) is 4.28. The lowest BCUT2D eigenvalue weighted by Gasteiger charge is -2.14. The predicted molar refractivity (Wildman–Crippen MR) is 50.4 cm³/mol. The van der Waals surface area contributed by atoms with Gasteiger partial charge in [0.2, 0.25) is 5.91 Å². The average molecular weight is 179 g/mol. The molecule has 0 aliphatic rings. The van der Waals surface area contributed by atoms with E-state index < -0.39 is 0 Å². The number of aromatic nitrogens is 2. The van der Waals surface area contributed by atoms with Crippen LogP contribution in [0, 0.1) is 0 Å². The molecule has 0 N–H and O–H groups in total. The standard InChI is InChI=1S/C9H13N3O/c1-3-4-9(13)12(2)8-5-6-10-7-11-8/h5-7H,3-4H2,1-2H3. The largest absolute Gasteiger partial charge is 0.300 e. The molecule has 0 bridgehead atoms. The van der Waals surface area contributed by atoms with Gasteiger partial charge in [0.05, 0.1) is 0 Å². The van der Waals surface area contributed by atoms with Gasteiger partial charge in [-0.25, -0.2) is 9.97 Å². The number of carbonyl (C=O) groups excluding carboxylic acids is 1. The van der Waals surface area contributed by atoms with Gasteiger partial charge in [0, 0.05) is 19.7 Å². The predicted octanol–water partition coefficient (Wildman–Crippen LogP) is 1.24. The first kappa shape index (κ1) is 9.64. The molecule has 13 heavy (non-hydrogen) atoms. The number of rotatable bonds is 3. The van der Waals surface area contributed by atoms with Gasteiger partial charge in [0.1, 0.15) is 12.1 Å². The Morgan fingerprint density at radius 3 is 2.92 bits per heavy atom. The van der Waals surface area contributed by atoms with Gasteiger partial charge in [-0.2, -0.15) is 0 Å². The Morgan fingerprint density at radius 1 is 1.62 bits per heavy atom. The van der Waals surface area contributed by atoms with Crippen LogP contribution < -0.4 is 4.90 Å². The summed E-state index contributed by atoms with van der Waals surface area (Å²) in [5.41, 5.74) is 0. The van der Waals surface area contributed by atoms with E-state index in [9.17, 15) is 4.79 Å². The van der Waals surface area contributed by atoms with Gasteiger partial charge in [-0.3, -0.25) is 9.69 Å². The minimum absolute atomic E-state index is 0.0844. The van der Waals surface area contributed by atoms with E-state index in [1.807, 2.05) is 6.92 Å². The highest BCUT2D eigenvalue weighted by Gasteiger charge is 2.09. The summed E-state index contributed by atoms with van der Waals surface area (Å²) in [6, 6.07) is 1.72. The van der Waals surface area contributed by atoms with Crippen molar-refractivity contribution in [3.05, 3.63) is 18.6 Å². The van der Waals surface area contributed by atoms with E-state index >= 15 is 0 Å². The number of amides is 1. The summed E-state index contributed by atoms with van der Waals surface area (Å²) >= 11 is 0. The van der Waals surface area contributed by atoms with E-state index in [1.54, 1.807) is 24.2 Å². The third-order valence-corrected chi connectivity index (χ3v) is 1.75. The van der Waals surface area contributed by atoms with Gasteiger partial charge in [0.15, 0.2) is 0 Å². The molecule has 1 aromatic heterocycles. The summed E-state index contributed by atoms with van der Waals surface area (Å²) in [5.74, 6) is 0.731. The van der Waals surface area contributed by atoms with E-state index in [0.29, 0.717) is 12.2 Å². The van der Waals surface area contributed by atoms with Gasteiger partial charge < -0.3 is 0 Å². The fourth-order valence-corrected chi connectivity index (χ4v) is 0.991. The SMILES string of the molecule is CCCC(=O)N(C)c1ccncn1. The first-order valence-corrected chi connectivity index (χ1v) is 4.28. The summed E-state index contributed by atoms with van der Waals surface area (Å²) in [6.07, 6.45) is 4.47. The van der Waals surface area contributed by atoms with Crippen molar-refractivity contribution in [2.45, 2.75) is 19.8 Å². The molecule has 0 radical (unpaired) electrons. The number of hydrogen-bond acceptors (Lipinski definition) is 3. The molecule has 1 heterocycles. The zero-order valence-corrected chi connectivity index (χ0v) is 7.90. The second kappa shape index (κ2) is 4.54. The van der Waals surface area contributed by atoms with Crippen LogP contribution in [-0.4, -0.2) is 22.9 Å². The zero-order chi connectivity index (χ0) is 9.68. The molecule has 4 nitrogen and oxygen atoms in total. The van der Waals surface area contributed by atoms with Gasteiger partial charge >= 0.3 is 0 Å². The van der Waals surface area contributed by atoms with Crippen LogP contribution in [0.4, 0.5) is 5.82 Å². The van der Waals surface area contributed by atoms with Crippen molar-refractivity contribution in [1.29, 1.82) is 0 Å². The minimum atomic E-state index is 0.0844. The molecule has 0 unspecified atom stereocenters. The molecular formula is C9H13N3O. The lowest BCUT2D eigenvalue weighted by molar-refractivity contribution is -0.118. The van der Waals surface area contributed by atoms with E-state index in [1.165, 1.54) is 6.33 Å². The quantitative estimate of drug-likeness (QED) is 0.701. The third kappa shape index (κ3) is 2.50. The van der Waals surface area contributed by atoms with Crippen molar-refractivity contribution >= 4 is 11.7 Å². The molecule has 0 saturated heterocycles.